The summed E-state index contributed by atoms with van der Waals surface area (Å²) in [4.78, 5) is 22.4. The van der Waals surface area contributed by atoms with Gasteiger partial charge in [0.25, 0.3) is 0 Å². The maximum atomic E-state index is 10.9. The smallest absolute Gasteiger partial charge is 0.306 e. The average Bonchev–Trinajstić information content (AvgIpc) is 3.35. The average molecular weight is 311 g/mol. The molecule has 5 nitrogen and oxygen atoms in total. The normalized spacial score (nSPS) is 25.6. The van der Waals surface area contributed by atoms with Crippen molar-refractivity contribution in [2.75, 3.05) is 19.6 Å². The standard InChI is InChI=1S/C18H21N3O2/c22-18(23)15-10-14(15)11-21-8-5-12(6-9-21)16-4-3-13-2-1-7-19-17(13)20-16/h1-4,7,12,14-15H,5-6,8-11H2,(H,22,23)/t14-,15+/m0/s1. The number of aromatic nitrogens is 2. The Labute approximate surface area is 135 Å². The van der Waals surface area contributed by atoms with E-state index in [9.17, 15) is 4.79 Å². The van der Waals surface area contributed by atoms with E-state index in [0.29, 0.717) is 11.8 Å². The van der Waals surface area contributed by atoms with Crippen molar-refractivity contribution >= 4 is 17.0 Å². The van der Waals surface area contributed by atoms with E-state index in [1.807, 2.05) is 12.1 Å². The second-order valence-corrected chi connectivity index (χ2v) is 6.80. The first-order valence-corrected chi connectivity index (χ1v) is 8.37. The van der Waals surface area contributed by atoms with Crippen molar-refractivity contribution in [3.63, 3.8) is 0 Å². The van der Waals surface area contributed by atoms with E-state index < -0.39 is 5.97 Å². The molecule has 0 unspecified atom stereocenters. The van der Waals surface area contributed by atoms with Crippen LogP contribution in [-0.2, 0) is 4.79 Å². The van der Waals surface area contributed by atoms with Gasteiger partial charge in [-0.05, 0) is 62.5 Å². The highest BCUT2D eigenvalue weighted by Gasteiger charge is 2.44. The zero-order chi connectivity index (χ0) is 15.8. The van der Waals surface area contributed by atoms with Gasteiger partial charge in [0.15, 0.2) is 5.65 Å². The van der Waals surface area contributed by atoms with Crippen molar-refractivity contribution < 1.29 is 9.90 Å². The lowest BCUT2D eigenvalue weighted by Gasteiger charge is -2.31. The molecular weight excluding hydrogens is 290 g/mol. The van der Waals surface area contributed by atoms with Crippen LogP contribution in [0.5, 0.6) is 0 Å². The van der Waals surface area contributed by atoms with Crippen molar-refractivity contribution in [2.45, 2.75) is 25.2 Å². The predicted molar refractivity (Wildman–Crippen MR) is 87.2 cm³/mol. The molecule has 120 valence electrons. The van der Waals surface area contributed by atoms with Crippen LogP contribution in [0.15, 0.2) is 30.5 Å². The number of likely N-dealkylation sites (tertiary alicyclic amines) is 1. The molecule has 0 spiro atoms. The summed E-state index contributed by atoms with van der Waals surface area (Å²) in [5.74, 6) is 0.137. The van der Waals surface area contributed by atoms with Gasteiger partial charge in [-0.2, -0.15) is 0 Å². The predicted octanol–water partition coefficient (Wildman–Crippen LogP) is 2.53. The van der Waals surface area contributed by atoms with Gasteiger partial charge in [0.05, 0.1) is 5.92 Å². The SMILES string of the molecule is O=C(O)[C@@H]1C[C@H]1CN1CCC(c2ccc3cccnc3n2)CC1. The summed E-state index contributed by atoms with van der Waals surface area (Å²) >= 11 is 0. The molecule has 0 amide bonds. The molecule has 3 heterocycles. The Morgan fingerprint density at radius 1 is 1.26 bits per heavy atom. The van der Waals surface area contributed by atoms with E-state index in [4.69, 9.17) is 10.1 Å². The highest BCUT2D eigenvalue weighted by molar-refractivity contribution is 5.74. The number of fused-ring (bicyclic) bond motifs is 1. The number of carboxylic acids is 1. The maximum Gasteiger partial charge on any atom is 0.306 e. The third-order valence-corrected chi connectivity index (χ3v) is 5.22. The molecule has 0 bridgehead atoms. The molecule has 0 aromatic carbocycles. The zero-order valence-corrected chi connectivity index (χ0v) is 13.1. The fourth-order valence-corrected chi connectivity index (χ4v) is 3.69. The van der Waals surface area contributed by atoms with E-state index in [0.717, 1.165) is 55.6 Å². The van der Waals surface area contributed by atoms with E-state index in [1.54, 1.807) is 6.20 Å². The fraction of sp³-hybridized carbons (Fsp3) is 0.500. The van der Waals surface area contributed by atoms with Crippen molar-refractivity contribution in [3.05, 3.63) is 36.2 Å². The number of carbonyl (C=O) groups is 1. The highest BCUT2D eigenvalue weighted by Crippen LogP contribution is 2.40. The number of pyridine rings is 2. The number of rotatable bonds is 4. The number of aliphatic carboxylic acids is 1. The highest BCUT2D eigenvalue weighted by atomic mass is 16.4. The Bertz CT molecular complexity index is 725. The summed E-state index contributed by atoms with van der Waals surface area (Å²) < 4.78 is 0. The molecule has 2 fully saturated rings. The van der Waals surface area contributed by atoms with Gasteiger partial charge in [-0.15, -0.1) is 0 Å². The topological polar surface area (TPSA) is 66.3 Å². The summed E-state index contributed by atoms with van der Waals surface area (Å²) in [5.41, 5.74) is 1.97. The first-order valence-electron chi connectivity index (χ1n) is 8.37. The minimum atomic E-state index is -0.627. The Hall–Kier alpha value is -2.01. The second kappa shape index (κ2) is 5.89. The van der Waals surface area contributed by atoms with Crippen molar-refractivity contribution in [1.82, 2.24) is 14.9 Å². The third kappa shape index (κ3) is 3.06. The number of hydrogen-bond donors (Lipinski definition) is 1. The molecule has 1 saturated carbocycles. The van der Waals surface area contributed by atoms with Crippen LogP contribution >= 0.6 is 0 Å². The molecule has 23 heavy (non-hydrogen) atoms. The van der Waals surface area contributed by atoms with Crippen LogP contribution in [0, 0.1) is 11.8 Å². The molecule has 4 rings (SSSR count). The van der Waals surface area contributed by atoms with Crippen molar-refractivity contribution in [1.29, 1.82) is 0 Å². The Morgan fingerprint density at radius 2 is 2.09 bits per heavy atom. The van der Waals surface area contributed by atoms with Crippen LogP contribution < -0.4 is 0 Å². The van der Waals surface area contributed by atoms with Crippen LogP contribution in [-0.4, -0.2) is 45.6 Å². The molecule has 2 aromatic rings. The second-order valence-electron chi connectivity index (χ2n) is 6.80. The van der Waals surface area contributed by atoms with Crippen LogP contribution in [0.25, 0.3) is 11.0 Å². The molecule has 1 saturated heterocycles. The molecule has 2 aliphatic rings. The number of hydrogen-bond acceptors (Lipinski definition) is 4. The van der Waals surface area contributed by atoms with Gasteiger partial charge in [-0.3, -0.25) is 4.79 Å². The van der Waals surface area contributed by atoms with Gasteiger partial charge < -0.3 is 10.0 Å². The van der Waals surface area contributed by atoms with Gasteiger partial charge in [0, 0.05) is 29.7 Å². The number of nitrogens with zero attached hydrogens (tertiary/aromatic N) is 3. The summed E-state index contributed by atoms with van der Waals surface area (Å²) in [6.45, 7) is 3.02. The van der Waals surface area contributed by atoms with E-state index in [-0.39, 0.29) is 5.92 Å². The van der Waals surface area contributed by atoms with Gasteiger partial charge in [0.1, 0.15) is 0 Å². The van der Waals surface area contributed by atoms with Gasteiger partial charge >= 0.3 is 5.97 Å². The van der Waals surface area contributed by atoms with E-state index in [1.165, 1.54) is 0 Å². The van der Waals surface area contributed by atoms with Gasteiger partial charge in [-0.25, -0.2) is 9.97 Å². The molecule has 5 heteroatoms. The Morgan fingerprint density at radius 3 is 2.83 bits per heavy atom. The molecule has 1 aliphatic carbocycles. The lowest BCUT2D eigenvalue weighted by molar-refractivity contribution is -0.138. The van der Waals surface area contributed by atoms with Gasteiger partial charge in [0.2, 0.25) is 0 Å². The van der Waals surface area contributed by atoms with Crippen LogP contribution in [0.4, 0.5) is 0 Å². The first-order chi connectivity index (χ1) is 11.2. The Kier molecular flexibility index (Phi) is 3.73. The first kappa shape index (κ1) is 14.6. The molecular formula is C18H21N3O2. The maximum absolute atomic E-state index is 10.9. The molecule has 2 aromatic heterocycles. The van der Waals surface area contributed by atoms with Crippen LogP contribution in [0.2, 0.25) is 0 Å². The Balaban J connectivity index is 1.36. The lowest BCUT2D eigenvalue weighted by Crippen LogP contribution is -2.35. The van der Waals surface area contributed by atoms with Gasteiger partial charge in [-0.1, -0.05) is 0 Å². The largest absolute Gasteiger partial charge is 0.481 e. The molecule has 1 N–H and O–H groups in total. The minimum Gasteiger partial charge on any atom is -0.481 e. The summed E-state index contributed by atoms with van der Waals surface area (Å²) in [6, 6.07) is 8.21. The van der Waals surface area contributed by atoms with Crippen LogP contribution in [0.1, 0.15) is 30.9 Å². The molecule has 1 aliphatic heterocycles. The van der Waals surface area contributed by atoms with Crippen molar-refractivity contribution in [2.24, 2.45) is 11.8 Å². The fourth-order valence-electron chi connectivity index (χ4n) is 3.69. The number of piperidine rings is 1. The summed E-state index contributed by atoms with van der Waals surface area (Å²) in [7, 11) is 0. The van der Waals surface area contributed by atoms with Crippen molar-refractivity contribution in [3.8, 4) is 0 Å². The van der Waals surface area contributed by atoms with E-state index >= 15 is 0 Å². The third-order valence-electron chi connectivity index (χ3n) is 5.22. The lowest BCUT2D eigenvalue weighted by atomic mass is 9.92. The summed E-state index contributed by atoms with van der Waals surface area (Å²) in [6.07, 6.45) is 4.83. The summed E-state index contributed by atoms with van der Waals surface area (Å²) in [5, 5.41) is 10.1. The number of carboxylic acid groups (broad SMARTS) is 1. The monoisotopic (exact) mass is 311 g/mol. The zero-order valence-electron chi connectivity index (χ0n) is 13.1. The van der Waals surface area contributed by atoms with Crippen LogP contribution in [0.3, 0.4) is 0 Å². The molecule has 0 radical (unpaired) electrons. The quantitative estimate of drug-likeness (QED) is 0.940. The molecule has 2 atom stereocenters. The van der Waals surface area contributed by atoms with E-state index in [2.05, 4.69) is 22.0 Å². The minimum absolute atomic E-state index is 0.0963.